The van der Waals surface area contributed by atoms with Gasteiger partial charge in [-0.05, 0) is 37.6 Å². The molecule has 0 aliphatic rings. The fourth-order valence-electron chi connectivity index (χ4n) is 3.01. The molecule has 4 aromatic rings. The standard InChI is InChI=1S/C21H18F3N5OS/c1-14-26-27-20(29(14)17-9-3-2-4-10-17)31-12-6-11-18-25-19(28-30-18)15-7-5-8-16(13-15)21(22,23)24/h2-5,7-10,13H,6,11-12H2,1H3. The first-order valence-corrected chi connectivity index (χ1v) is 10.5. The molecular weight excluding hydrogens is 427 g/mol. The zero-order chi connectivity index (χ0) is 21.8. The quantitative estimate of drug-likeness (QED) is 0.281. The van der Waals surface area contributed by atoms with E-state index in [2.05, 4.69) is 20.3 Å². The Hall–Kier alpha value is -3.14. The summed E-state index contributed by atoms with van der Waals surface area (Å²) in [6, 6.07) is 14.7. The van der Waals surface area contributed by atoms with Crippen molar-refractivity contribution in [1.29, 1.82) is 0 Å². The van der Waals surface area contributed by atoms with E-state index in [4.69, 9.17) is 4.52 Å². The summed E-state index contributed by atoms with van der Waals surface area (Å²) in [5.74, 6) is 2.07. The summed E-state index contributed by atoms with van der Waals surface area (Å²) in [4.78, 5) is 4.23. The monoisotopic (exact) mass is 445 g/mol. The lowest BCUT2D eigenvalue weighted by atomic mass is 10.1. The average molecular weight is 445 g/mol. The molecule has 0 N–H and O–H groups in total. The molecule has 6 nitrogen and oxygen atoms in total. The van der Waals surface area contributed by atoms with Gasteiger partial charge in [0.2, 0.25) is 11.7 Å². The van der Waals surface area contributed by atoms with Crippen LogP contribution in [0, 0.1) is 6.92 Å². The van der Waals surface area contributed by atoms with Crippen molar-refractivity contribution >= 4 is 11.8 Å². The predicted molar refractivity (Wildman–Crippen MR) is 110 cm³/mol. The maximum atomic E-state index is 12.9. The minimum absolute atomic E-state index is 0.146. The van der Waals surface area contributed by atoms with Crippen molar-refractivity contribution in [3.8, 4) is 17.1 Å². The third-order valence-corrected chi connectivity index (χ3v) is 5.51. The summed E-state index contributed by atoms with van der Waals surface area (Å²) < 4.78 is 45.9. The Bertz CT molecular complexity index is 1160. The molecule has 31 heavy (non-hydrogen) atoms. The topological polar surface area (TPSA) is 69.6 Å². The largest absolute Gasteiger partial charge is 0.416 e. The first-order valence-electron chi connectivity index (χ1n) is 9.52. The van der Waals surface area contributed by atoms with Gasteiger partial charge in [0.15, 0.2) is 5.16 Å². The van der Waals surface area contributed by atoms with Crippen molar-refractivity contribution in [3.05, 3.63) is 71.9 Å². The second kappa shape index (κ2) is 8.93. The van der Waals surface area contributed by atoms with E-state index in [0.717, 1.165) is 41.0 Å². The van der Waals surface area contributed by atoms with Crippen LogP contribution in [0.25, 0.3) is 17.1 Å². The molecule has 10 heteroatoms. The van der Waals surface area contributed by atoms with Crippen LogP contribution in [0.1, 0.15) is 23.7 Å². The molecule has 2 heterocycles. The Balaban J connectivity index is 1.36. The second-order valence-electron chi connectivity index (χ2n) is 6.74. The Kier molecular flexibility index (Phi) is 6.08. The number of benzene rings is 2. The van der Waals surface area contributed by atoms with Gasteiger partial charge >= 0.3 is 6.18 Å². The van der Waals surface area contributed by atoms with Crippen molar-refractivity contribution in [1.82, 2.24) is 24.9 Å². The third kappa shape index (κ3) is 4.96. The van der Waals surface area contributed by atoms with Gasteiger partial charge in [-0.25, -0.2) is 0 Å². The van der Waals surface area contributed by atoms with Crippen molar-refractivity contribution in [3.63, 3.8) is 0 Å². The normalized spacial score (nSPS) is 11.7. The summed E-state index contributed by atoms with van der Waals surface area (Å²) in [5.41, 5.74) is 0.520. The number of hydrogen-bond acceptors (Lipinski definition) is 6. The van der Waals surface area contributed by atoms with Crippen LogP contribution in [0.5, 0.6) is 0 Å². The van der Waals surface area contributed by atoms with Gasteiger partial charge in [0.1, 0.15) is 5.82 Å². The smallest absolute Gasteiger partial charge is 0.339 e. The summed E-state index contributed by atoms with van der Waals surface area (Å²) in [6.45, 7) is 1.90. The Morgan fingerprint density at radius 2 is 1.84 bits per heavy atom. The molecule has 0 bridgehead atoms. The number of halogens is 3. The third-order valence-electron chi connectivity index (χ3n) is 4.49. The minimum atomic E-state index is -4.42. The fraction of sp³-hybridized carbons (Fsp3) is 0.238. The number of alkyl halides is 3. The molecule has 0 atom stereocenters. The van der Waals surface area contributed by atoms with Crippen molar-refractivity contribution in [2.45, 2.75) is 31.1 Å². The lowest BCUT2D eigenvalue weighted by molar-refractivity contribution is -0.137. The van der Waals surface area contributed by atoms with Crippen LogP contribution >= 0.6 is 11.8 Å². The highest BCUT2D eigenvalue weighted by Crippen LogP contribution is 2.31. The Labute approximate surface area is 180 Å². The summed E-state index contributed by atoms with van der Waals surface area (Å²) in [7, 11) is 0. The van der Waals surface area contributed by atoms with Crippen LogP contribution in [0.4, 0.5) is 13.2 Å². The number of aryl methyl sites for hydroxylation is 2. The van der Waals surface area contributed by atoms with Crippen molar-refractivity contribution < 1.29 is 17.7 Å². The molecule has 4 rings (SSSR count). The number of rotatable bonds is 7. The number of para-hydroxylation sites is 1. The fourth-order valence-corrected chi connectivity index (χ4v) is 3.94. The van der Waals surface area contributed by atoms with E-state index in [9.17, 15) is 13.2 Å². The first-order chi connectivity index (χ1) is 14.9. The van der Waals surface area contributed by atoms with E-state index in [1.165, 1.54) is 12.1 Å². The van der Waals surface area contributed by atoms with E-state index in [-0.39, 0.29) is 11.4 Å². The molecule has 0 aliphatic heterocycles. The van der Waals surface area contributed by atoms with E-state index in [0.29, 0.717) is 12.3 Å². The van der Waals surface area contributed by atoms with Gasteiger partial charge in [0.05, 0.1) is 5.56 Å². The maximum Gasteiger partial charge on any atom is 0.416 e. The van der Waals surface area contributed by atoms with E-state index >= 15 is 0 Å². The predicted octanol–water partition coefficient (Wildman–Crippen LogP) is 5.37. The van der Waals surface area contributed by atoms with Gasteiger partial charge in [0.25, 0.3) is 0 Å². The Morgan fingerprint density at radius 3 is 2.61 bits per heavy atom. The molecular formula is C21H18F3N5OS. The molecule has 0 saturated heterocycles. The number of nitrogens with zero attached hydrogens (tertiary/aromatic N) is 5. The van der Waals surface area contributed by atoms with Crippen LogP contribution in [0.15, 0.2) is 64.3 Å². The van der Waals surface area contributed by atoms with Crippen molar-refractivity contribution in [2.24, 2.45) is 0 Å². The van der Waals surface area contributed by atoms with Gasteiger partial charge < -0.3 is 4.52 Å². The van der Waals surface area contributed by atoms with Gasteiger partial charge in [-0.3, -0.25) is 4.57 Å². The van der Waals surface area contributed by atoms with E-state index in [1.807, 2.05) is 41.8 Å². The SMILES string of the molecule is Cc1nnc(SCCCc2nc(-c3cccc(C(F)(F)F)c3)no2)n1-c1ccccc1. The maximum absolute atomic E-state index is 12.9. The average Bonchev–Trinajstić information content (AvgIpc) is 3.38. The molecule has 0 amide bonds. The van der Waals surface area contributed by atoms with Crippen LogP contribution in [0.3, 0.4) is 0 Å². The zero-order valence-corrected chi connectivity index (χ0v) is 17.3. The molecule has 0 spiro atoms. The van der Waals surface area contributed by atoms with E-state index < -0.39 is 11.7 Å². The molecule has 0 radical (unpaired) electrons. The summed E-state index contributed by atoms with van der Waals surface area (Å²) in [6.07, 6.45) is -3.18. The molecule has 2 aromatic carbocycles. The highest BCUT2D eigenvalue weighted by molar-refractivity contribution is 7.99. The van der Waals surface area contributed by atoms with Gasteiger partial charge in [-0.1, -0.05) is 47.3 Å². The van der Waals surface area contributed by atoms with Gasteiger partial charge in [-0.15, -0.1) is 10.2 Å². The van der Waals surface area contributed by atoms with Crippen LogP contribution < -0.4 is 0 Å². The van der Waals surface area contributed by atoms with E-state index in [1.54, 1.807) is 11.8 Å². The second-order valence-corrected chi connectivity index (χ2v) is 7.81. The first kappa shape index (κ1) is 21.1. The number of aromatic nitrogens is 5. The molecule has 0 aliphatic carbocycles. The molecule has 0 saturated carbocycles. The molecule has 0 unspecified atom stereocenters. The van der Waals surface area contributed by atoms with Crippen LogP contribution in [-0.4, -0.2) is 30.7 Å². The minimum Gasteiger partial charge on any atom is -0.339 e. The van der Waals surface area contributed by atoms with Crippen molar-refractivity contribution in [2.75, 3.05) is 5.75 Å². The summed E-state index contributed by atoms with van der Waals surface area (Å²) in [5, 5.41) is 13.0. The molecule has 160 valence electrons. The zero-order valence-electron chi connectivity index (χ0n) is 16.5. The lowest BCUT2D eigenvalue weighted by Gasteiger charge is -2.07. The number of hydrogen-bond donors (Lipinski definition) is 0. The Morgan fingerprint density at radius 1 is 1.03 bits per heavy atom. The van der Waals surface area contributed by atoms with Crippen LogP contribution in [0.2, 0.25) is 0 Å². The number of thioether (sulfide) groups is 1. The molecule has 0 fully saturated rings. The highest BCUT2D eigenvalue weighted by atomic mass is 32.2. The highest BCUT2D eigenvalue weighted by Gasteiger charge is 2.30. The van der Waals surface area contributed by atoms with Gasteiger partial charge in [0, 0.05) is 23.4 Å². The van der Waals surface area contributed by atoms with Crippen LogP contribution in [-0.2, 0) is 12.6 Å². The summed E-state index contributed by atoms with van der Waals surface area (Å²) >= 11 is 1.56. The van der Waals surface area contributed by atoms with Gasteiger partial charge in [-0.2, -0.15) is 18.2 Å². The molecule has 2 aromatic heterocycles. The lowest BCUT2D eigenvalue weighted by Crippen LogP contribution is -2.04.